The summed E-state index contributed by atoms with van der Waals surface area (Å²) < 4.78 is 6.67. The lowest BCUT2D eigenvalue weighted by Gasteiger charge is -2.11. The number of ether oxygens (including phenoxy) is 1. The van der Waals surface area contributed by atoms with E-state index in [1.165, 1.54) is 23.5 Å². The minimum Gasteiger partial charge on any atom is -0.493 e. The van der Waals surface area contributed by atoms with E-state index in [-0.39, 0.29) is 5.12 Å². The molecule has 0 unspecified atom stereocenters. The first-order valence-electron chi connectivity index (χ1n) is 8.13. The molecule has 0 spiro atoms. The maximum absolute atomic E-state index is 12.3. The fourth-order valence-electron chi connectivity index (χ4n) is 2.48. The zero-order valence-corrected chi connectivity index (χ0v) is 15.7. The second kappa shape index (κ2) is 8.41. The van der Waals surface area contributed by atoms with Gasteiger partial charge in [0.1, 0.15) is 15.8 Å². The Bertz CT molecular complexity index is 871. The van der Waals surface area contributed by atoms with Gasteiger partial charge in [-0.3, -0.25) is 4.79 Å². The van der Waals surface area contributed by atoms with Crippen LogP contribution in [-0.2, 0) is 4.79 Å². The van der Waals surface area contributed by atoms with Gasteiger partial charge in [-0.2, -0.15) is 0 Å². The molecule has 0 N–H and O–H groups in total. The molecular weight excluding hydrogens is 350 g/mol. The molecule has 0 fully saturated rings. The summed E-state index contributed by atoms with van der Waals surface area (Å²) in [5.74, 6) is 1.53. The number of thioether (sulfide) groups is 2. The zero-order chi connectivity index (χ0) is 17.6. The van der Waals surface area contributed by atoms with Crippen LogP contribution in [0.5, 0.6) is 5.75 Å². The quantitative estimate of drug-likeness (QED) is 0.496. The van der Waals surface area contributed by atoms with Crippen LogP contribution in [0, 0.1) is 0 Å². The van der Waals surface area contributed by atoms with Gasteiger partial charge in [-0.05, 0) is 41.1 Å². The third-order valence-electron chi connectivity index (χ3n) is 3.60. The Labute approximate surface area is 156 Å². The normalized spacial score (nSPS) is 15.6. The minimum absolute atomic E-state index is 0.0269. The molecular formula is C20H19NO2S2. The van der Waals surface area contributed by atoms with Gasteiger partial charge in [-0.1, -0.05) is 55.1 Å². The molecule has 3 nitrogen and oxygen atoms in total. The van der Waals surface area contributed by atoms with Crippen LogP contribution in [0.3, 0.4) is 0 Å². The molecule has 25 heavy (non-hydrogen) atoms. The summed E-state index contributed by atoms with van der Waals surface area (Å²) in [6, 6.07) is 12.1. The average Bonchev–Trinajstić information content (AvgIpc) is 2.99. The molecule has 0 aliphatic carbocycles. The lowest BCUT2D eigenvalue weighted by Crippen LogP contribution is -1.98. The fraction of sp³-hybridized carbons (Fsp3) is 0.200. The molecule has 5 heteroatoms. The first-order chi connectivity index (χ1) is 12.2. The van der Waals surface area contributed by atoms with Crippen LogP contribution in [-0.4, -0.2) is 21.9 Å². The summed E-state index contributed by atoms with van der Waals surface area (Å²) in [5, 5.41) is 2.14. The van der Waals surface area contributed by atoms with Crippen LogP contribution in [0.15, 0.2) is 59.7 Å². The number of benzene rings is 2. The molecule has 0 bridgehead atoms. The standard InChI is InChI=1S/C20H19NO2S2/c1-3-11-23-18-10-9-14-7-5-6-8-15(14)16(18)13-17-19(22)25-20(21-17)24-12-4-2/h4-10,13H,2-3,11-12H2,1H3. The highest BCUT2D eigenvalue weighted by Gasteiger charge is 2.23. The number of nitrogens with zero attached hydrogens (tertiary/aromatic N) is 1. The van der Waals surface area contributed by atoms with Gasteiger partial charge in [0.2, 0.25) is 5.12 Å². The van der Waals surface area contributed by atoms with Crippen LogP contribution in [0.25, 0.3) is 16.8 Å². The van der Waals surface area contributed by atoms with Gasteiger partial charge in [0.05, 0.1) is 6.61 Å². The van der Waals surface area contributed by atoms with Gasteiger partial charge in [0.15, 0.2) is 0 Å². The molecule has 3 rings (SSSR count). The van der Waals surface area contributed by atoms with Gasteiger partial charge >= 0.3 is 0 Å². The van der Waals surface area contributed by atoms with Gasteiger partial charge in [0, 0.05) is 11.3 Å². The lowest BCUT2D eigenvalue weighted by molar-refractivity contribution is -0.107. The molecule has 0 saturated heterocycles. The maximum Gasteiger partial charge on any atom is 0.244 e. The molecule has 0 radical (unpaired) electrons. The molecule has 1 aliphatic rings. The first kappa shape index (κ1) is 17.8. The van der Waals surface area contributed by atoms with Crippen molar-refractivity contribution in [2.45, 2.75) is 13.3 Å². The van der Waals surface area contributed by atoms with E-state index >= 15 is 0 Å². The highest BCUT2D eigenvalue weighted by atomic mass is 32.2. The Kier molecular flexibility index (Phi) is 6.00. The Morgan fingerprint density at radius 2 is 2.12 bits per heavy atom. The van der Waals surface area contributed by atoms with Crippen molar-refractivity contribution in [2.24, 2.45) is 4.99 Å². The largest absolute Gasteiger partial charge is 0.493 e. The SMILES string of the molecule is C=CCSC1=NC(=Cc2c(OCCC)ccc3ccccc23)C(=O)S1. The third-order valence-corrected chi connectivity index (χ3v) is 5.60. The second-order valence-electron chi connectivity index (χ2n) is 5.44. The number of hydrogen-bond donors (Lipinski definition) is 0. The topological polar surface area (TPSA) is 38.7 Å². The van der Waals surface area contributed by atoms with E-state index in [0.29, 0.717) is 12.3 Å². The van der Waals surface area contributed by atoms with Gasteiger partial charge in [-0.25, -0.2) is 4.99 Å². The predicted molar refractivity (Wildman–Crippen MR) is 110 cm³/mol. The predicted octanol–water partition coefficient (Wildman–Crippen LogP) is 5.52. The van der Waals surface area contributed by atoms with Crippen LogP contribution in [0.1, 0.15) is 18.9 Å². The van der Waals surface area contributed by atoms with E-state index in [4.69, 9.17) is 4.74 Å². The molecule has 0 amide bonds. The minimum atomic E-state index is -0.0269. The molecule has 2 aromatic carbocycles. The first-order valence-corrected chi connectivity index (χ1v) is 9.94. The van der Waals surface area contributed by atoms with Crippen LogP contribution in [0.4, 0.5) is 0 Å². The van der Waals surface area contributed by atoms with Crippen molar-refractivity contribution in [1.29, 1.82) is 0 Å². The molecule has 2 aromatic rings. The smallest absolute Gasteiger partial charge is 0.244 e. The number of carbonyl (C=O) groups is 1. The summed E-state index contributed by atoms with van der Waals surface area (Å²) in [6.45, 7) is 6.41. The van der Waals surface area contributed by atoms with Gasteiger partial charge < -0.3 is 4.74 Å². The van der Waals surface area contributed by atoms with Crippen molar-refractivity contribution in [3.05, 3.63) is 60.3 Å². The number of carbonyl (C=O) groups excluding carboxylic acids is 1. The summed E-state index contributed by atoms with van der Waals surface area (Å²) in [6.07, 6.45) is 4.59. The third kappa shape index (κ3) is 4.17. The van der Waals surface area contributed by atoms with Gasteiger partial charge in [0.25, 0.3) is 0 Å². The molecule has 0 atom stereocenters. The van der Waals surface area contributed by atoms with E-state index in [9.17, 15) is 4.79 Å². The monoisotopic (exact) mass is 369 g/mol. The summed E-state index contributed by atoms with van der Waals surface area (Å²) in [5.41, 5.74) is 1.38. The summed E-state index contributed by atoms with van der Waals surface area (Å²) >= 11 is 2.70. The van der Waals surface area contributed by atoms with Crippen molar-refractivity contribution in [2.75, 3.05) is 12.4 Å². The average molecular weight is 370 g/mol. The number of rotatable bonds is 6. The Balaban J connectivity index is 2.05. The molecule has 1 aliphatic heterocycles. The highest BCUT2D eigenvalue weighted by Crippen LogP contribution is 2.35. The number of aliphatic imine (C=N–C) groups is 1. The Hall–Kier alpha value is -1.98. The molecule has 1 heterocycles. The van der Waals surface area contributed by atoms with Crippen molar-refractivity contribution < 1.29 is 9.53 Å². The summed E-state index contributed by atoms with van der Waals surface area (Å²) in [7, 11) is 0. The molecule has 128 valence electrons. The van der Waals surface area contributed by atoms with E-state index < -0.39 is 0 Å². The zero-order valence-electron chi connectivity index (χ0n) is 14.0. The Morgan fingerprint density at radius 3 is 2.92 bits per heavy atom. The number of fused-ring (bicyclic) bond motifs is 1. The Morgan fingerprint density at radius 1 is 1.28 bits per heavy atom. The molecule has 0 saturated carbocycles. The van der Waals surface area contributed by atoms with E-state index in [0.717, 1.165) is 38.6 Å². The lowest BCUT2D eigenvalue weighted by atomic mass is 10.0. The molecule has 0 aromatic heterocycles. The number of hydrogen-bond acceptors (Lipinski definition) is 5. The van der Waals surface area contributed by atoms with Gasteiger partial charge in [-0.15, -0.1) is 6.58 Å². The van der Waals surface area contributed by atoms with E-state index in [1.807, 2.05) is 36.4 Å². The van der Waals surface area contributed by atoms with Crippen LogP contribution >= 0.6 is 23.5 Å². The maximum atomic E-state index is 12.3. The van der Waals surface area contributed by atoms with Crippen molar-refractivity contribution in [3.63, 3.8) is 0 Å². The second-order valence-corrected chi connectivity index (χ2v) is 7.67. The van der Waals surface area contributed by atoms with Crippen LogP contribution < -0.4 is 4.74 Å². The van der Waals surface area contributed by atoms with E-state index in [1.54, 1.807) is 6.08 Å². The highest BCUT2D eigenvalue weighted by molar-refractivity contribution is 8.45. The fourth-order valence-corrected chi connectivity index (χ4v) is 4.08. The summed E-state index contributed by atoms with van der Waals surface area (Å²) in [4.78, 5) is 16.8. The van der Waals surface area contributed by atoms with Crippen molar-refractivity contribution in [3.8, 4) is 5.75 Å². The van der Waals surface area contributed by atoms with E-state index in [2.05, 4.69) is 24.6 Å². The van der Waals surface area contributed by atoms with Crippen molar-refractivity contribution in [1.82, 2.24) is 0 Å². The van der Waals surface area contributed by atoms with Crippen molar-refractivity contribution >= 4 is 49.9 Å². The van der Waals surface area contributed by atoms with Crippen LogP contribution in [0.2, 0.25) is 0 Å².